The van der Waals surface area contributed by atoms with Crippen molar-refractivity contribution < 1.29 is 18.3 Å². The van der Waals surface area contributed by atoms with Gasteiger partial charge in [0.25, 0.3) is 0 Å². The number of alkyl halides is 3. The van der Waals surface area contributed by atoms with Gasteiger partial charge in [-0.25, -0.2) is 13.2 Å². The van der Waals surface area contributed by atoms with Crippen LogP contribution < -0.4 is 0 Å². The molecular formula is C4H7F3O. The molecule has 0 aliphatic rings. The maximum Gasteiger partial charge on any atom is 0.241 e. The fourth-order valence-corrected chi connectivity index (χ4v) is 0.269. The zero-order chi connectivity index (χ0) is 6.57. The highest BCUT2D eigenvalue weighted by atomic mass is 19.3. The minimum absolute atomic E-state index is 0.767. The monoisotopic (exact) mass is 128 g/mol. The van der Waals surface area contributed by atoms with Crippen molar-refractivity contribution in [2.24, 2.45) is 0 Å². The molecule has 0 aliphatic carbocycles. The predicted octanol–water partition coefficient (Wildman–Crippen LogP) is 0.972. The largest absolute Gasteiger partial charge is 0.390 e. The summed E-state index contributed by atoms with van der Waals surface area (Å²) in [7, 11) is 0. The van der Waals surface area contributed by atoms with Crippen LogP contribution in [0.4, 0.5) is 13.2 Å². The van der Waals surface area contributed by atoms with Crippen LogP contribution in [0.1, 0.15) is 6.42 Å². The van der Waals surface area contributed by atoms with E-state index in [0.29, 0.717) is 0 Å². The van der Waals surface area contributed by atoms with E-state index in [2.05, 4.69) is 0 Å². The second-order valence-electron chi connectivity index (χ2n) is 1.43. The molecule has 0 aliphatic heterocycles. The van der Waals surface area contributed by atoms with Gasteiger partial charge in [0.15, 0.2) is 0 Å². The third-order valence-electron chi connectivity index (χ3n) is 0.628. The molecule has 0 heterocycles. The third-order valence-corrected chi connectivity index (χ3v) is 0.628. The van der Waals surface area contributed by atoms with Gasteiger partial charge in [0, 0.05) is 6.42 Å². The van der Waals surface area contributed by atoms with Crippen LogP contribution in [0.3, 0.4) is 0 Å². The molecule has 0 saturated carbocycles. The Hall–Kier alpha value is -0.250. The van der Waals surface area contributed by atoms with Crippen molar-refractivity contribution in [3.63, 3.8) is 0 Å². The lowest BCUT2D eigenvalue weighted by atomic mass is 10.3. The molecule has 1 N–H and O–H groups in total. The topological polar surface area (TPSA) is 20.2 Å². The predicted molar refractivity (Wildman–Crippen MR) is 22.6 cm³/mol. The molecule has 4 heteroatoms. The van der Waals surface area contributed by atoms with Crippen LogP contribution in [0.15, 0.2) is 0 Å². The van der Waals surface area contributed by atoms with E-state index < -0.39 is 25.6 Å². The minimum Gasteiger partial charge on any atom is -0.390 e. The zero-order valence-electron chi connectivity index (χ0n) is 4.15. The lowest BCUT2D eigenvalue weighted by molar-refractivity contribution is 0.0482. The van der Waals surface area contributed by atoms with Crippen LogP contribution in [-0.2, 0) is 0 Å². The molecule has 1 unspecified atom stereocenters. The summed E-state index contributed by atoms with van der Waals surface area (Å²) in [5.74, 6) is 0. The van der Waals surface area contributed by atoms with Gasteiger partial charge >= 0.3 is 0 Å². The van der Waals surface area contributed by atoms with Gasteiger partial charge in [0.05, 0.1) is 6.10 Å². The highest BCUT2D eigenvalue weighted by Gasteiger charge is 2.10. The summed E-state index contributed by atoms with van der Waals surface area (Å²) in [6.45, 7) is -1.09. The molecule has 1 nitrogen and oxygen atoms in total. The van der Waals surface area contributed by atoms with Crippen molar-refractivity contribution >= 4 is 0 Å². The van der Waals surface area contributed by atoms with Crippen LogP contribution in [-0.4, -0.2) is 24.3 Å². The third kappa shape index (κ3) is 3.92. The average Bonchev–Trinajstić information content (AvgIpc) is 1.65. The second-order valence-corrected chi connectivity index (χ2v) is 1.43. The van der Waals surface area contributed by atoms with Crippen LogP contribution in [0.5, 0.6) is 0 Å². The molecule has 0 aromatic rings. The molecule has 1 atom stereocenters. The molecule has 50 valence electrons. The zero-order valence-corrected chi connectivity index (χ0v) is 4.15. The highest BCUT2D eigenvalue weighted by Crippen LogP contribution is 2.03. The Morgan fingerprint density at radius 1 is 1.38 bits per heavy atom. The maximum atomic E-state index is 11.2. The molecule has 0 fully saturated rings. The van der Waals surface area contributed by atoms with E-state index in [-0.39, 0.29) is 0 Å². The Bertz CT molecular complexity index is 57.2. The fraction of sp³-hybridized carbons (Fsp3) is 1.00. The van der Waals surface area contributed by atoms with Crippen molar-refractivity contribution in [2.75, 3.05) is 6.67 Å². The van der Waals surface area contributed by atoms with Gasteiger partial charge in [-0.05, 0) is 0 Å². The Labute approximate surface area is 45.1 Å². The van der Waals surface area contributed by atoms with Gasteiger partial charge in [-0.2, -0.15) is 0 Å². The number of halogens is 3. The van der Waals surface area contributed by atoms with Crippen molar-refractivity contribution in [1.82, 2.24) is 0 Å². The van der Waals surface area contributed by atoms with Crippen molar-refractivity contribution in [3.8, 4) is 0 Å². The van der Waals surface area contributed by atoms with E-state index in [4.69, 9.17) is 5.11 Å². The summed E-state index contributed by atoms with van der Waals surface area (Å²) in [6.07, 6.45) is -4.87. The fourth-order valence-electron chi connectivity index (χ4n) is 0.269. The van der Waals surface area contributed by atoms with Gasteiger partial charge in [0.2, 0.25) is 6.43 Å². The first-order chi connectivity index (χ1) is 3.66. The van der Waals surface area contributed by atoms with Crippen LogP contribution >= 0.6 is 0 Å². The standard InChI is InChI=1S/C4H7F3O/c5-2-3(8)1-4(6)7/h3-4,8H,1-2H2. The summed E-state index contributed by atoms with van der Waals surface area (Å²) < 4.78 is 33.5. The summed E-state index contributed by atoms with van der Waals surface area (Å²) in [5, 5.41) is 8.17. The molecule has 0 aromatic heterocycles. The molecule has 8 heavy (non-hydrogen) atoms. The summed E-state index contributed by atoms with van der Waals surface area (Å²) in [6, 6.07) is 0. The Kier molecular flexibility index (Phi) is 3.60. The number of hydrogen-bond acceptors (Lipinski definition) is 1. The summed E-state index contributed by atoms with van der Waals surface area (Å²) in [4.78, 5) is 0. The number of hydrogen-bond donors (Lipinski definition) is 1. The van der Waals surface area contributed by atoms with Gasteiger partial charge in [-0.3, -0.25) is 0 Å². The van der Waals surface area contributed by atoms with E-state index in [0.717, 1.165) is 0 Å². The summed E-state index contributed by atoms with van der Waals surface area (Å²) in [5.41, 5.74) is 0. The lowest BCUT2D eigenvalue weighted by Gasteiger charge is -2.01. The quantitative estimate of drug-likeness (QED) is 0.600. The smallest absolute Gasteiger partial charge is 0.241 e. The highest BCUT2D eigenvalue weighted by molar-refractivity contribution is 4.52. The molecule has 0 saturated heterocycles. The van der Waals surface area contributed by atoms with E-state index in [9.17, 15) is 13.2 Å². The first-order valence-electron chi connectivity index (χ1n) is 2.19. The van der Waals surface area contributed by atoms with E-state index >= 15 is 0 Å². The van der Waals surface area contributed by atoms with E-state index in [1.807, 2.05) is 0 Å². The van der Waals surface area contributed by atoms with E-state index in [1.54, 1.807) is 0 Å². The average molecular weight is 128 g/mol. The second kappa shape index (κ2) is 3.72. The minimum atomic E-state index is -2.61. The number of rotatable bonds is 3. The molecule has 0 amide bonds. The Morgan fingerprint density at radius 3 is 2.00 bits per heavy atom. The first kappa shape index (κ1) is 7.75. The van der Waals surface area contributed by atoms with Gasteiger partial charge < -0.3 is 5.11 Å². The lowest BCUT2D eigenvalue weighted by Crippen LogP contribution is -2.12. The van der Waals surface area contributed by atoms with Gasteiger partial charge in [0.1, 0.15) is 6.67 Å². The normalized spacial score (nSPS) is 14.6. The first-order valence-corrected chi connectivity index (χ1v) is 2.19. The maximum absolute atomic E-state index is 11.2. The molecule has 0 bridgehead atoms. The number of aliphatic hydroxyl groups excluding tert-OH is 1. The van der Waals surface area contributed by atoms with Crippen molar-refractivity contribution in [3.05, 3.63) is 0 Å². The molecule has 0 aromatic carbocycles. The van der Waals surface area contributed by atoms with E-state index in [1.165, 1.54) is 0 Å². The number of aliphatic hydroxyl groups is 1. The Morgan fingerprint density at radius 2 is 1.88 bits per heavy atom. The van der Waals surface area contributed by atoms with Gasteiger partial charge in [-0.1, -0.05) is 0 Å². The molecular weight excluding hydrogens is 121 g/mol. The SMILES string of the molecule is OC(CF)CC(F)F. The molecule has 0 rings (SSSR count). The summed E-state index contributed by atoms with van der Waals surface area (Å²) >= 11 is 0. The Balaban J connectivity index is 3.10. The van der Waals surface area contributed by atoms with Crippen LogP contribution in [0, 0.1) is 0 Å². The van der Waals surface area contributed by atoms with Gasteiger partial charge in [-0.15, -0.1) is 0 Å². The molecule has 0 spiro atoms. The van der Waals surface area contributed by atoms with Crippen LogP contribution in [0.2, 0.25) is 0 Å². The van der Waals surface area contributed by atoms with Crippen LogP contribution in [0.25, 0.3) is 0 Å². The van der Waals surface area contributed by atoms with Crippen molar-refractivity contribution in [1.29, 1.82) is 0 Å². The van der Waals surface area contributed by atoms with Crippen molar-refractivity contribution in [2.45, 2.75) is 19.0 Å². The molecule has 0 radical (unpaired) electrons.